The van der Waals surface area contributed by atoms with Crippen molar-refractivity contribution in [3.05, 3.63) is 11.8 Å². The van der Waals surface area contributed by atoms with Gasteiger partial charge in [0.15, 0.2) is 5.78 Å². The van der Waals surface area contributed by atoms with Gasteiger partial charge >= 0.3 is 0 Å². The maximum atomic E-state index is 11.1. The third kappa shape index (κ3) is 1.60. The third-order valence-corrected chi connectivity index (χ3v) is 4.83. The molecule has 0 saturated heterocycles. The Morgan fingerprint density at radius 2 is 1.87 bits per heavy atom. The quantitative estimate of drug-likeness (QED) is 0.770. The van der Waals surface area contributed by atoms with E-state index in [2.05, 4.69) is 33.0 Å². The van der Waals surface area contributed by atoms with E-state index in [1.807, 2.05) is 0 Å². The number of hydrogen-bond acceptors (Lipinski definition) is 2. The number of hydrogen-bond donors (Lipinski definition) is 1. The molecule has 0 spiro atoms. The lowest BCUT2D eigenvalue weighted by Gasteiger charge is -2.07. The van der Waals surface area contributed by atoms with Crippen LogP contribution < -0.4 is 5.32 Å². The number of nitrogens with one attached hydrogen (secondary N) is 1. The Labute approximate surface area is 92.1 Å². The fraction of sp³-hybridized carbons (Fsp3) is 0.769. The van der Waals surface area contributed by atoms with Crippen LogP contribution in [0, 0.1) is 16.7 Å². The summed E-state index contributed by atoms with van der Waals surface area (Å²) in [5.41, 5.74) is 2.00. The van der Waals surface area contributed by atoms with Crippen molar-refractivity contribution in [1.29, 1.82) is 0 Å². The maximum absolute atomic E-state index is 11.1. The van der Waals surface area contributed by atoms with Gasteiger partial charge in [0.2, 0.25) is 0 Å². The second kappa shape index (κ2) is 3.10. The summed E-state index contributed by atoms with van der Waals surface area (Å²) < 4.78 is 0. The predicted octanol–water partition coefficient (Wildman–Crippen LogP) is 2.51. The molecular weight excluding hydrogens is 186 g/mol. The molecule has 84 valence electrons. The van der Waals surface area contributed by atoms with E-state index < -0.39 is 0 Å². The Morgan fingerprint density at radius 3 is 2.27 bits per heavy atom. The zero-order valence-electron chi connectivity index (χ0n) is 10.2. The molecule has 2 rings (SSSR count). The van der Waals surface area contributed by atoms with Gasteiger partial charge in [-0.15, -0.1) is 0 Å². The van der Waals surface area contributed by atoms with E-state index >= 15 is 0 Å². The topological polar surface area (TPSA) is 29.1 Å². The van der Waals surface area contributed by atoms with Crippen molar-refractivity contribution in [2.45, 2.75) is 40.5 Å². The van der Waals surface area contributed by atoms with Crippen molar-refractivity contribution in [1.82, 2.24) is 5.32 Å². The molecule has 2 nitrogen and oxygen atoms in total. The highest BCUT2D eigenvalue weighted by Crippen LogP contribution is 2.67. The van der Waals surface area contributed by atoms with E-state index in [4.69, 9.17) is 0 Å². The van der Waals surface area contributed by atoms with Crippen LogP contribution in [0.3, 0.4) is 0 Å². The summed E-state index contributed by atoms with van der Waals surface area (Å²) >= 11 is 0. The highest BCUT2D eigenvalue weighted by atomic mass is 16.1. The van der Waals surface area contributed by atoms with Gasteiger partial charge in [0.25, 0.3) is 0 Å². The standard InChI is InChI=1S/C13H21NO/c1-12(2)11(13(12,3)4)8-14-9-5-6-10(15)7-9/h7,11,14H,5-6,8H2,1-4H3. The minimum absolute atomic E-state index is 0.270. The summed E-state index contributed by atoms with van der Waals surface area (Å²) in [6.07, 6.45) is 3.37. The van der Waals surface area contributed by atoms with E-state index in [-0.39, 0.29) is 5.78 Å². The van der Waals surface area contributed by atoms with Crippen LogP contribution in [0.5, 0.6) is 0 Å². The molecule has 0 aromatic heterocycles. The molecular formula is C13H21NO. The van der Waals surface area contributed by atoms with Gasteiger partial charge in [-0.25, -0.2) is 0 Å². The Kier molecular flexibility index (Phi) is 2.21. The van der Waals surface area contributed by atoms with Gasteiger partial charge in [0.1, 0.15) is 0 Å². The lowest BCUT2D eigenvalue weighted by molar-refractivity contribution is -0.114. The SMILES string of the molecule is CC1(C)C(CNC2=CC(=O)CC2)C1(C)C. The highest BCUT2D eigenvalue weighted by Gasteiger charge is 2.64. The van der Waals surface area contributed by atoms with Gasteiger partial charge < -0.3 is 5.32 Å². The molecule has 2 aliphatic rings. The molecule has 1 N–H and O–H groups in total. The predicted molar refractivity (Wildman–Crippen MR) is 61.4 cm³/mol. The summed E-state index contributed by atoms with van der Waals surface area (Å²) in [6, 6.07) is 0. The molecule has 0 atom stereocenters. The first-order chi connectivity index (χ1) is 6.85. The Bertz CT molecular complexity index is 311. The van der Waals surface area contributed by atoms with E-state index in [1.165, 1.54) is 0 Å². The molecule has 0 aromatic rings. The summed E-state index contributed by atoms with van der Waals surface area (Å²) in [5.74, 6) is 0.994. The zero-order chi connectivity index (χ0) is 11.3. The summed E-state index contributed by atoms with van der Waals surface area (Å²) in [5, 5.41) is 3.43. The Morgan fingerprint density at radius 1 is 1.27 bits per heavy atom. The monoisotopic (exact) mass is 207 g/mol. The largest absolute Gasteiger partial charge is 0.388 e. The number of carbonyl (C=O) groups excluding carboxylic acids is 1. The van der Waals surface area contributed by atoms with Crippen molar-refractivity contribution in [3.63, 3.8) is 0 Å². The Balaban J connectivity index is 1.86. The van der Waals surface area contributed by atoms with Gasteiger partial charge in [0, 0.05) is 24.7 Å². The molecule has 0 aromatic carbocycles. The summed E-state index contributed by atoms with van der Waals surface area (Å²) in [6.45, 7) is 10.3. The number of carbonyl (C=O) groups is 1. The molecule has 1 saturated carbocycles. The van der Waals surface area contributed by atoms with Crippen LogP contribution in [-0.2, 0) is 4.79 Å². The maximum Gasteiger partial charge on any atom is 0.157 e. The second-order valence-corrected chi connectivity index (χ2v) is 6.01. The van der Waals surface area contributed by atoms with Crippen molar-refractivity contribution >= 4 is 5.78 Å². The third-order valence-electron chi connectivity index (χ3n) is 4.83. The van der Waals surface area contributed by atoms with E-state index in [0.717, 1.165) is 24.6 Å². The molecule has 15 heavy (non-hydrogen) atoms. The fourth-order valence-corrected chi connectivity index (χ4v) is 2.81. The Hall–Kier alpha value is -0.790. The molecule has 0 bridgehead atoms. The van der Waals surface area contributed by atoms with E-state index in [0.29, 0.717) is 17.3 Å². The summed E-state index contributed by atoms with van der Waals surface area (Å²) in [7, 11) is 0. The van der Waals surface area contributed by atoms with Crippen LogP contribution in [0.25, 0.3) is 0 Å². The first-order valence-electron chi connectivity index (χ1n) is 5.83. The van der Waals surface area contributed by atoms with Crippen LogP contribution in [0.15, 0.2) is 11.8 Å². The highest BCUT2D eigenvalue weighted by molar-refractivity contribution is 5.92. The lowest BCUT2D eigenvalue weighted by Crippen LogP contribution is -2.17. The van der Waals surface area contributed by atoms with Crippen LogP contribution in [0.1, 0.15) is 40.5 Å². The molecule has 0 amide bonds. The molecule has 0 unspecified atom stereocenters. The molecule has 1 fully saturated rings. The van der Waals surface area contributed by atoms with Crippen LogP contribution in [-0.4, -0.2) is 12.3 Å². The van der Waals surface area contributed by atoms with E-state index in [9.17, 15) is 4.79 Å². The van der Waals surface area contributed by atoms with Gasteiger partial charge in [0.05, 0.1) is 0 Å². The van der Waals surface area contributed by atoms with Crippen LogP contribution >= 0.6 is 0 Å². The van der Waals surface area contributed by atoms with Crippen LogP contribution in [0.2, 0.25) is 0 Å². The molecule has 0 radical (unpaired) electrons. The molecule has 2 aliphatic carbocycles. The fourth-order valence-electron chi connectivity index (χ4n) is 2.81. The number of allylic oxidation sites excluding steroid dienone is 2. The van der Waals surface area contributed by atoms with E-state index in [1.54, 1.807) is 6.08 Å². The van der Waals surface area contributed by atoms with Crippen molar-refractivity contribution in [3.8, 4) is 0 Å². The van der Waals surface area contributed by atoms with Gasteiger partial charge in [-0.3, -0.25) is 4.79 Å². The van der Waals surface area contributed by atoms with Gasteiger partial charge in [-0.1, -0.05) is 27.7 Å². The minimum atomic E-state index is 0.270. The van der Waals surface area contributed by atoms with Crippen LogP contribution in [0.4, 0.5) is 0 Å². The first kappa shape index (κ1) is 10.7. The molecule has 0 aliphatic heterocycles. The van der Waals surface area contributed by atoms with Crippen molar-refractivity contribution in [2.24, 2.45) is 16.7 Å². The molecule has 0 heterocycles. The first-order valence-corrected chi connectivity index (χ1v) is 5.83. The average Bonchev–Trinajstić information content (AvgIpc) is 2.50. The smallest absolute Gasteiger partial charge is 0.157 e. The lowest BCUT2D eigenvalue weighted by atomic mass is 10.0. The molecule has 2 heteroatoms. The average molecular weight is 207 g/mol. The van der Waals surface area contributed by atoms with Gasteiger partial charge in [-0.2, -0.15) is 0 Å². The minimum Gasteiger partial charge on any atom is -0.388 e. The van der Waals surface area contributed by atoms with Gasteiger partial charge in [-0.05, 0) is 23.2 Å². The summed E-state index contributed by atoms with van der Waals surface area (Å²) in [4.78, 5) is 11.1. The number of ketones is 1. The van der Waals surface area contributed by atoms with Crippen molar-refractivity contribution < 1.29 is 4.79 Å². The zero-order valence-corrected chi connectivity index (χ0v) is 10.2. The van der Waals surface area contributed by atoms with Crippen molar-refractivity contribution in [2.75, 3.05) is 6.54 Å². The normalized spacial score (nSPS) is 27.7. The second-order valence-electron chi connectivity index (χ2n) is 6.01. The number of rotatable bonds is 3.